The molecule has 1 fully saturated rings. The largest absolute Gasteiger partial charge is 0.393 e. The highest BCUT2D eigenvalue weighted by Gasteiger charge is 2.33. The monoisotopic (exact) mass is 213 g/mol. The van der Waals surface area contributed by atoms with E-state index in [0.29, 0.717) is 17.8 Å². The molecule has 0 amide bonds. The summed E-state index contributed by atoms with van der Waals surface area (Å²) in [5.74, 6) is 1.86. The van der Waals surface area contributed by atoms with Crippen molar-refractivity contribution >= 4 is 0 Å². The molecule has 1 aliphatic rings. The maximum absolute atomic E-state index is 10.1. The Kier molecular flexibility index (Phi) is 5.07. The first kappa shape index (κ1) is 13.0. The zero-order valence-electron chi connectivity index (χ0n) is 10.7. The zero-order valence-corrected chi connectivity index (χ0v) is 10.7. The van der Waals surface area contributed by atoms with E-state index in [-0.39, 0.29) is 6.10 Å². The number of rotatable bonds is 4. The van der Waals surface area contributed by atoms with Gasteiger partial charge in [-0.25, -0.2) is 0 Å². The molecule has 0 aromatic carbocycles. The average molecular weight is 213 g/mol. The van der Waals surface area contributed by atoms with E-state index in [9.17, 15) is 5.11 Å². The normalized spacial score (nSPS) is 37.2. The summed E-state index contributed by atoms with van der Waals surface area (Å²) in [4.78, 5) is 2.43. The lowest BCUT2D eigenvalue weighted by atomic mass is 9.73. The van der Waals surface area contributed by atoms with Crippen LogP contribution in [-0.2, 0) is 0 Å². The molecule has 0 saturated heterocycles. The van der Waals surface area contributed by atoms with Gasteiger partial charge in [0.25, 0.3) is 0 Å². The Morgan fingerprint density at radius 2 is 1.73 bits per heavy atom. The number of hydrogen-bond acceptors (Lipinski definition) is 2. The highest BCUT2D eigenvalue weighted by molar-refractivity contribution is 4.84. The molecule has 2 heteroatoms. The zero-order chi connectivity index (χ0) is 11.4. The van der Waals surface area contributed by atoms with E-state index in [2.05, 4.69) is 32.6 Å². The molecular formula is C13H27NO. The predicted molar refractivity (Wildman–Crippen MR) is 64.8 cm³/mol. The Bertz CT molecular complexity index is 167. The van der Waals surface area contributed by atoms with Crippen molar-refractivity contribution in [1.29, 1.82) is 0 Å². The van der Waals surface area contributed by atoms with Crippen molar-refractivity contribution in [1.82, 2.24) is 4.90 Å². The summed E-state index contributed by atoms with van der Waals surface area (Å²) in [6.45, 7) is 12.2. The molecule has 1 saturated carbocycles. The van der Waals surface area contributed by atoms with Gasteiger partial charge in [0.1, 0.15) is 0 Å². The van der Waals surface area contributed by atoms with Crippen LogP contribution in [0.1, 0.15) is 40.5 Å². The molecule has 1 rings (SSSR count). The van der Waals surface area contributed by atoms with E-state index < -0.39 is 0 Å². The lowest BCUT2D eigenvalue weighted by molar-refractivity contribution is -0.000527. The van der Waals surface area contributed by atoms with Gasteiger partial charge in [-0.3, -0.25) is 0 Å². The molecule has 0 aliphatic heterocycles. The van der Waals surface area contributed by atoms with Gasteiger partial charge in [-0.1, -0.05) is 27.7 Å². The van der Waals surface area contributed by atoms with E-state index in [1.54, 1.807) is 0 Å². The highest BCUT2D eigenvalue weighted by Crippen LogP contribution is 2.34. The van der Waals surface area contributed by atoms with E-state index in [1.807, 2.05) is 0 Å². The van der Waals surface area contributed by atoms with Crippen molar-refractivity contribution in [3.05, 3.63) is 0 Å². The minimum Gasteiger partial charge on any atom is -0.393 e. The first-order valence-corrected chi connectivity index (χ1v) is 6.48. The van der Waals surface area contributed by atoms with Gasteiger partial charge in [-0.05, 0) is 37.8 Å². The Morgan fingerprint density at radius 3 is 2.20 bits per heavy atom. The second-order valence-electron chi connectivity index (χ2n) is 5.27. The Labute approximate surface area is 94.7 Å². The fourth-order valence-corrected chi connectivity index (χ4v) is 2.95. The molecule has 0 radical (unpaired) electrons. The van der Waals surface area contributed by atoms with Crippen LogP contribution in [0, 0.1) is 17.8 Å². The molecule has 0 aromatic heterocycles. The second-order valence-corrected chi connectivity index (χ2v) is 5.27. The number of nitrogens with zero attached hydrogens (tertiary/aromatic N) is 1. The lowest BCUT2D eigenvalue weighted by Gasteiger charge is -2.39. The van der Waals surface area contributed by atoms with Crippen LogP contribution in [0.4, 0.5) is 0 Å². The number of aliphatic hydroxyl groups is 1. The fraction of sp³-hybridized carbons (Fsp3) is 1.00. The molecule has 90 valence electrons. The van der Waals surface area contributed by atoms with Crippen molar-refractivity contribution < 1.29 is 5.11 Å². The van der Waals surface area contributed by atoms with Gasteiger partial charge >= 0.3 is 0 Å². The van der Waals surface area contributed by atoms with Crippen molar-refractivity contribution in [2.45, 2.75) is 46.6 Å². The van der Waals surface area contributed by atoms with E-state index in [0.717, 1.165) is 26.1 Å². The van der Waals surface area contributed by atoms with E-state index in [1.165, 1.54) is 6.42 Å². The Morgan fingerprint density at radius 1 is 1.13 bits per heavy atom. The third kappa shape index (κ3) is 3.46. The molecule has 2 nitrogen and oxygen atoms in total. The lowest BCUT2D eigenvalue weighted by Crippen LogP contribution is -2.42. The van der Waals surface area contributed by atoms with Crippen molar-refractivity contribution in [3.8, 4) is 0 Å². The predicted octanol–water partition coefficient (Wildman–Crippen LogP) is 2.37. The third-order valence-corrected chi connectivity index (χ3v) is 4.01. The maximum Gasteiger partial charge on any atom is 0.0585 e. The van der Waals surface area contributed by atoms with Crippen molar-refractivity contribution in [3.63, 3.8) is 0 Å². The summed E-state index contributed by atoms with van der Waals surface area (Å²) in [5, 5.41) is 10.1. The fourth-order valence-electron chi connectivity index (χ4n) is 2.95. The quantitative estimate of drug-likeness (QED) is 0.775. The topological polar surface area (TPSA) is 23.5 Å². The molecule has 4 unspecified atom stereocenters. The van der Waals surface area contributed by atoms with Crippen molar-refractivity contribution in [2.75, 3.05) is 19.6 Å². The maximum atomic E-state index is 10.1. The van der Waals surface area contributed by atoms with Crippen LogP contribution < -0.4 is 0 Å². The van der Waals surface area contributed by atoms with Gasteiger partial charge in [0.15, 0.2) is 0 Å². The van der Waals surface area contributed by atoms with Crippen LogP contribution in [0.2, 0.25) is 0 Å². The molecule has 0 aromatic rings. The van der Waals surface area contributed by atoms with Crippen LogP contribution in [0.5, 0.6) is 0 Å². The first-order valence-electron chi connectivity index (χ1n) is 6.48. The van der Waals surface area contributed by atoms with Gasteiger partial charge in [0.05, 0.1) is 6.10 Å². The van der Waals surface area contributed by atoms with E-state index in [4.69, 9.17) is 0 Å². The Balaban J connectivity index is 2.51. The van der Waals surface area contributed by atoms with Crippen LogP contribution >= 0.6 is 0 Å². The molecule has 1 aliphatic carbocycles. The Hall–Kier alpha value is -0.0800. The van der Waals surface area contributed by atoms with Crippen LogP contribution in [0.25, 0.3) is 0 Å². The van der Waals surface area contributed by atoms with Gasteiger partial charge in [-0.2, -0.15) is 0 Å². The molecule has 4 atom stereocenters. The minimum atomic E-state index is -0.0793. The minimum absolute atomic E-state index is 0.0793. The van der Waals surface area contributed by atoms with Gasteiger partial charge in [0.2, 0.25) is 0 Å². The smallest absolute Gasteiger partial charge is 0.0585 e. The molecule has 1 N–H and O–H groups in total. The number of aliphatic hydroxyl groups excluding tert-OH is 1. The standard InChI is InChI=1S/C13H27NO/c1-5-14(6-2)9-12-11(4)7-10(3)8-13(12)15/h10-13,15H,5-9H2,1-4H3. The first-order chi connectivity index (χ1) is 7.08. The van der Waals surface area contributed by atoms with Gasteiger partial charge in [0, 0.05) is 12.5 Å². The van der Waals surface area contributed by atoms with Crippen molar-refractivity contribution in [2.24, 2.45) is 17.8 Å². The molecule has 0 heterocycles. The molecule has 15 heavy (non-hydrogen) atoms. The summed E-state index contributed by atoms with van der Waals surface area (Å²) in [6, 6.07) is 0. The molecule has 0 bridgehead atoms. The van der Waals surface area contributed by atoms with Gasteiger partial charge in [-0.15, -0.1) is 0 Å². The SMILES string of the molecule is CCN(CC)CC1C(C)CC(C)CC1O. The third-order valence-electron chi connectivity index (χ3n) is 4.01. The summed E-state index contributed by atoms with van der Waals surface area (Å²) in [6.07, 6.45) is 2.20. The molecular weight excluding hydrogens is 186 g/mol. The van der Waals surface area contributed by atoms with Crippen LogP contribution in [-0.4, -0.2) is 35.7 Å². The summed E-state index contributed by atoms with van der Waals surface area (Å²) < 4.78 is 0. The summed E-state index contributed by atoms with van der Waals surface area (Å²) >= 11 is 0. The highest BCUT2D eigenvalue weighted by atomic mass is 16.3. The second kappa shape index (κ2) is 5.86. The molecule has 0 spiro atoms. The average Bonchev–Trinajstić information content (AvgIpc) is 2.17. The van der Waals surface area contributed by atoms with Crippen LogP contribution in [0.15, 0.2) is 0 Å². The van der Waals surface area contributed by atoms with E-state index >= 15 is 0 Å². The van der Waals surface area contributed by atoms with Gasteiger partial charge < -0.3 is 10.0 Å². The summed E-state index contributed by atoms with van der Waals surface area (Å²) in [5.41, 5.74) is 0. The number of hydrogen-bond donors (Lipinski definition) is 1. The summed E-state index contributed by atoms with van der Waals surface area (Å²) in [7, 11) is 0. The van der Waals surface area contributed by atoms with Crippen LogP contribution in [0.3, 0.4) is 0 Å².